The number of nitrogens with one attached hydrogen (secondary N) is 1. The molecule has 0 saturated carbocycles. The molecule has 0 aliphatic carbocycles. The second-order valence-electron chi connectivity index (χ2n) is 5.78. The average molecular weight is 340 g/mol. The molecule has 126 valence electrons. The molecule has 1 N–H and O–H groups in total. The third-order valence-electron chi connectivity index (χ3n) is 4.08. The second-order valence-corrected chi connectivity index (χ2v) is 5.78. The molecule has 26 heavy (non-hydrogen) atoms. The molecular formula is C21H16N4O. The molecule has 2 aromatic carbocycles. The summed E-state index contributed by atoms with van der Waals surface area (Å²) in [6.07, 6.45) is 6.72. The lowest BCUT2D eigenvalue weighted by Crippen LogP contribution is -2.17. The van der Waals surface area contributed by atoms with Gasteiger partial charge in [0.15, 0.2) is 0 Å². The fourth-order valence-electron chi connectivity index (χ4n) is 2.78. The Bertz CT molecular complexity index is 1080. The Hall–Kier alpha value is -3.73. The highest BCUT2D eigenvalue weighted by Gasteiger charge is 2.05. The van der Waals surface area contributed by atoms with Crippen LogP contribution < -0.4 is 5.43 Å². The number of carbonyl (C=O) groups is 1. The van der Waals surface area contributed by atoms with E-state index < -0.39 is 0 Å². The van der Waals surface area contributed by atoms with Gasteiger partial charge >= 0.3 is 0 Å². The number of hydrogen-bond acceptors (Lipinski definition) is 3. The number of amides is 1. The van der Waals surface area contributed by atoms with Crippen molar-refractivity contribution in [2.75, 3.05) is 0 Å². The minimum Gasteiger partial charge on any atom is -0.316 e. The molecule has 0 aliphatic heterocycles. The molecule has 2 heterocycles. The van der Waals surface area contributed by atoms with E-state index in [4.69, 9.17) is 0 Å². The average Bonchev–Trinajstić information content (AvgIpc) is 3.17. The van der Waals surface area contributed by atoms with Crippen LogP contribution in [-0.4, -0.2) is 21.7 Å². The van der Waals surface area contributed by atoms with Crippen molar-refractivity contribution in [1.82, 2.24) is 15.0 Å². The summed E-state index contributed by atoms with van der Waals surface area (Å²) in [6, 6.07) is 21.8. The standard InChI is InChI=1S/C21H16N4O/c26-21(18-7-3-11-22-14-18)24-23-15-20-8-4-12-25(20)19-10-9-16-5-1-2-6-17(16)13-19/h1-15H,(H,24,26)/b23-15+. The first kappa shape index (κ1) is 15.8. The lowest BCUT2D eigenvalue weighted by atomic mass is 10.1. The van der Waals surface area contributed by atoms with Crippen molar-refractivity contribution >= 4 is 22.9 Å². The smallest absolute Gasteiger partial charge is 0.272 e. The van der Waals surface area contributed by atoms with E-state index in [2.05, 4.69) is 45.8 Å². The normalized spacial score (nSPS) is 11.1. The molecule has 0 aliphatic rings. The first-order valence-corrected chi connectivity index (χ1v) is 8.21. The maximum atomic E-state index is 12.0. The van der Waals surface area contributed by atoms with Crippen LogP contribution in [0.15, 0.2) is 90.4 Å². The Balaban J connectivity index is 1.55. The minimum absolute atomic E-state index is 0.293. The van der Waals surface area contributed by atoms with Crippen LogP contribution in [-0.2, 0) is 0 Å². The monoisotopic (exact) mass is 340 g/mol. The molecule has 0 saturated heterocycles. The predicted molar refractivity (Wildman–Crippen MR) is 103 cm³/mol. The maximum Gasteiger partial charge on any atom is 0.272 e. The van der Waals surface area contributed by atoms with Crippen molar-refractivity contribution in [3.05, 3.63) is 96.6 Å². The van der Waals surface area contributed by atoms with Crippen LogP contribution in [0.5, 0.6) is 0 Å². The van der Waals surface area contributed by atoms with Gasteiger partial charge < -0.3 is 4.57 Å². The second kappa shape index (κ2) is 7.03. The number of benzene rings is 2. The highest BCUT2D eigenvalue weighted by Crippen LogP contribution is 2.19. The molecule has 0 unspecified atom stereocenters. The Morgan fingerprint density at radius 1 is 1.00 bits per heavy atom. The lowest BCUT2D eigenvalue weighted by molar-refractivity contribution is 0.0955. The van der Waals surface area contributed by atoms with E-state index in [0.717, 1.165) is 11.4 Å². The van der Waals surface area contributed by atoms with Crippen LogP contribution in [0.2, 0.25) is 0 Å². The molecule has 5 heteroatoms. The highest BCUT2D eigenvalue weighted by molar-refractivity contribution is 5.94. The van der Waals surface area contributed by atoms with Crippen molar-refractivity contribution in [2.45, 2.75) is 0 Å². The summed E-state index contributed by atoms with van der Waals surface area (Å²) in [5.74, 6) is -0.293. The van der Waals surface area contributed by atoms with Gasteiger partial charge in [-0.25, -0.2) is 5.43 Å². The Labute approximate surface area is 150 Å². The summed E-state index contributed by atoms with van der Waals surface area (Å²) in [4.78, 5) is 15.9. The molecule has 0 radical (unpaired) electrons. The largest absolute Gasteiger partial charge is 0.316 e. The van der Waals surface area contributed by atoms with Gasteiger partial charge in [0.1, 0.15) is 0 Å². The molecule has 4 aromatic rings. The van der Waals surface area contributed by atoms with Gasteiger partial charge in [0.25, 0.3) is 5.91 Å². The van der Waals surface area contributed by atoms with Gasteiger partial charge in [-0.3, -0.25) is 9.78 Å². The molecule has 0 bridgehead atoms. The van der Waals surface area contributed by atoms with Gasteiger partial charge in [-0.15, -0.1) is 0 Å². The van der Waals surface area contributed by atoms with Crippen LogP contribution in [0.4, 0.5) is 0 Å². The fraction of sp³-hybridized carbons (Fsp3) is 0. The number of hydrazone groups is 1. The molecule has 2 aromatic heterocycles. The van der Waals surface area contributed by atoms with Crippen LogP contribution in [0.3, 0.4) is 0 Å². The van der Waals surface area contributed by atoms with Gasteiger partial charge in [-0.05, 0) is 47.2 Å². The van der Waals surface area contributed by atoms with E-state index in [0.29, 0.717) is 5.56 Å². The van der Waals surface area contributed by atoms with Crippen molar-refractivity contribution < 1.29 is 4.79 Å². The lowest BCUT2D eigenvalue weighted by Gasteiger charge is -2.08. The van der Waals surface area contributed by atoms with E-state index in [-0.39, 0.29) is 5.91 Å². The Morgan fingerprint density at radius 3 is 2.73 bits per heavy atom. The number of rotatable bonds is 4. The predicted octanol–water partition coefficient (Wildman–Crippen LogP) is 3.79. The molecule has 1 amide bonds. The zero-order valence-corrected chi connectivity index (χ0v) is 13.9. The number of pyridine rings is 1. The van der Waals surface area contributed by atoms with Crippen molar-refractivity contribution in [3.8, 4) is 5.69 Å². The van der Waals surface area contributed by atoms with Gasteiger partial charge in [-0.1, -0.05) is 30.3 Å². The number of fused-ring (bicyclic) bond motifs is 1. The molecule has 0 fully saturated rings. The fourth-order valence-corrected chi connectivity index (χ4v) is 2.78. The summed E-state index contributed by atoms with van der Waals surface area (Å²) in [7, 11) is 0. The quantitative estimate of drug-likeness (QED) is 0.454. The first-order valence-electron chi connectivity index (χ1n) is 8.21. The van der Waals surface area contributed by atoms with E-state index >= 15 is 0 Å². The number of aromatic nitrogens is 2. The van der Waals surface area contributed by atoms with Crippen LogP contribution in [0.25, 0.3) is 16.5 Å². The Morgan fingerprint density at radius 2 is 1.88 bits per heavy atom. The number of hydrogen-bond donors (Lipinski definition) is 1. The zero-order valence-electron chi connectivity index (χ0n) is 13.9. The minimum atomic E-state index is -0.293. The van der Waals surface area contributed by atoms with Gasteiger partial charge in [0.2, 0.25) is 0 Å². The number of nitrogens with zero attached hydrogens (tertiary/aromatic N) is 3. The van der Waals surface area contributed by atoms with E-state index in [1.54, 1.807) is 24.5 Å². The van der Waals surface area contributed by atoms with Crippen LogP contribution >= 0.6 is 0 Å². The summed E-state index contributed by atoms with van der Waals surface area (Å²) in [5, 5.41) is 6.43. The molecule has 4 rings (SSSR count). The summed E-state index contributed by atoms with van der Waals surface area (Å²) in [5.41, 5.74) is 4.89. The maximum absolute atomic E-state index is 12.0. The molecule has 0 atom stereocenters. The van der Waals surface area contributed by atoms with Gasteiger partial charge in [-0.2, -0.15) is 5.10 Å². The SMILES string of the molecule is O=C(N/N=C/c1cccn1-c1ccc2ccccc2c1)c1cccnc1. The summed E-state index contributed by atoms with van der Waals surface area (Å²) >= 11 is 0. The third-order valence-corrected chi connectivity index (χ3v) is 4.08. The van der Waals surface area contributed by atoms with Gasteiger partial charge in [0, 0.05) is 24.3 Å². The first-order chi connectivity index (χ1) is 12.8. The topological polar surface area (TPSA) is 59.3 Å². The number of carbonyl (C=O) groups excluding carboxylic acids is 1. The van der Waals surface area contributed by atoms with Crippen molar-refractivity contribution in [2.24, 2.45) is 5.10 Å². The van der Waals surface area contributed by atoms with Crippen molar-refractivity contribution in [1.29, 1.82) is 0 Å². The van der Waals surface area contributed by atoms with E-state index in [1.165, 1.54) is 17.0 Å². The summed E-state index contributed by atoms with van der Waals surface area (Å²) in [6.45, 7) is 0. The van der Waals surface area contributed by atoms with Gasteiger partial charge in [0.05, 0.1) is 17.5 Å². The van der Waals surface area contributed by atoms with Crippen LogP contribution in [0, 0.1) is 0 Å². The van der Waals surface area contributed by atoms with Crippen molar-refractivity contribution in [3.63, 3.8) is 0 Å². The highest BCUT2D eigenvalue weighted by atomic mass is 16.2. The molecule has 5 nitrogen and oxygen atoms in total. The third kappa shape index (κ3) is 3.23. The van der Waals surface area contributed by atoms with Crippen LogP contribution in [0.1, 0.15) is 16.1 Å². The van der Waals surface area contributed by atoms with E-state index in [9.17, 15) is 4.79 Å². The zero-order chi connectivity index (χ0) is 17.8. The van der Waals surface area contributed by atoms with E-state index in [1.807, 2.05) is 35.0 Å². The molecule has 0 spiro atoms. The Kier molecular flexibility index (Phi) is 4.26. The molecular weight excluding hydrogens is 324 g/mol. The summed E-state index contributed by atoms with van der Waals surface area (Å²) < 4.78 is 2.02.